The molecule has 1 aliphatic heterocycles. The third-order valence-corrected chi connectivity index (χ3v) is 5.22. The number of rotatable bonds is 4. The SMILES string of the molecule is COc1cc(CNC(=O)N2CCN(C(=O)C3CC3)CC2)c2ccccc2n1. The van der Waals surface area contributed by atoms with Crippen LogP contribution < -0.4 is 10.1 Å². The van der Waals surface area contributed by atoms with E-state index < -0.39 is 0 Å². The van der Waals surface area contributed by atoms with Crippen LogP contribution in [0.25, 0.3) is 10.9 Å². The van der Waals surface area contributed by atoms with E-state index in [1.165, 1.54) is 0 Å². The van der Waals surface area contributed by atoms with Gasteiger partial charge in [0.1, 0.15) is 0 Å². The van der Waals surface area contributed by atoms with Gasteiger partial charge in [-0.3, -0.25) is 4.79 Å². The Morgan fingerprint density at radius 1 is 1.15 bits per heavy atom. The Balaban J connectivity index is 1.37. The number of nitrogens with one attached hydrogen (secondary N) is 1. The van der Waals surface area contributed by atoms with Crippen LogP contribution in [0.2, 0.25) is 0 Å². The average Bonchev–Trinajstić information content (AvgIpc) is 3.56. The first-order chi connectivity index (χ1) is 13.2. The number of aromatic nitrogens is 1. The fourth-order valence-electron chi connectivity index (χ4n) is 3.47. The Morgan fingerprint density at radius 2 is 1.85 bits per heavy atom. The molecule has 2 heterocycles. The van der Waals surface area contributed by atoms with Gasteiger partial charge in [-0.15, -0.1) is 0 Å². The van der Waals surface area contributed by atoms with Crippen molar-refractivity contribution in [3.8, 4) is 5.88 Å². The summed E-state index contributed by atoms with van der Waals surface area (Å²) < 4.78 is 5.27. The second-order valence-corrected chi connectivity index (χ2v) is 7.09. The van der Waals surface area contributed by atoms with Gasteiger partial charge < -0.3 is 19.9 Å². The van der Waals surface area contributed by atoms with Gasteiger partial charge in [-0.1, -0.05) is 18.2 Å². The van der Waals surface area contributed by atoms with Crippen molar-refractivity contribution in [2.45, 2.75) is 19.4 Å². The summed E-state index contributed by atoms with van der Waals surface area (Å²) in [5.74, 6) is 1.02. The van der Waals surface area contributed by atoms with Gasteiger partial charge in [0, 0.05) is 50.1 Å². The van der Waals surface area contributed by atoms with Crippen LogP contribution in [0.4, 0.5) is 4.79 Å². The molecule has 4 rings (SSSR count). The fourth-order valence-corrected chi connectivity index (χ4v) is 3.47. The number of benzene rings is 1. The number of hydrogen-bond acceptors (Lipinski definition) is 4. The number of carbonyl (C=O) groups is 2. The number of fused-ring (bicyclic) bond motifs is 1. The number of ether oxygens (including phenoxy) is 1. The Morgan fingerprint density at radius 3 is 2.56 bits per heavy atom. The highest BCUT2D eigenvalue weighted by Gasteiger charge is 2.35. The highest BCUT2D eigenvalue weighted by Crippen LogP contribution is 2.31. The van der Waals surface area contributed by atoms with Crippen LogP contribution in [-0.2, 0) is 11.3 Å². The lowest BCUT2D eigenvalue weighted by atomic mass is 10.1. The van der Waals surface area contributed by atoms with E-state index >= 15 is 0 Å². The van der Waals surface area contributed by atoms with Crippen molar-refractivity contribution in [3.05, 3.63) is 35.9 Å². The van der Waals surface area contributed by atoms with E-state index in [0.29, 0.717) is 38.6 Å². The van der Waals surface area contributed by atoms with Crippen molar-refractivity contribution in [1.29, 1.82) is 0 Å². The van der Waals surface area contributed by atoms with Crippen molar-refractivity contribution in [3.63, 3.8) is 0 Å². The first kappa shape index (κ1) is 17.6. The molecule has 1 aliphatic carbocycles. The monoisotopic (exact) mass is 368 g/mol. The zero-order valence-corrected chi connectivity index (χ0v) is 15.5. The number of carbonyl (C=O) groups excluding carboxylic acids is 2. The topological polar surface area (TPSA) is 74.8 Å². The second-order valence-electron chi connectivity index (χ2n) is 7.09. The quantitative estimate of drug-likeness (QED) is 0.896. The van der Waals surface area contributed by atoms with E-state index in [1.807, 2.05) is 35.2 Å². The van der Waals surface area contributed by atoms with Crippen LogP contribution in [0, 0.1) is 5.92 Å². The van der Waals surface area contributed by atoms with Gasteiger partial charge in [-0.05, 0) is 24.5 Å². The highest BCUT2D eigenvalue weighted by atomic mass is 16.5. The number of para-hydroxylation sites is 1. The Bertz CT molecular complexity index is 857. The lowest BCUT2D eigenvalue weighted by Crippen LogP contribution is -2.53. The summed E-state index contributed by atoms with van der Waals surface area (Å²) in [5, 5.41) is 3.99. The molecule has 1 saturated carbocycles. The van der Waals surface area contributed by atoms with E-state index in [1.54, 1.807) is 12.0 Å². The standard InChI is InChI=1S/C20H24N4O3/c1-27-18-12-15(16-4-2-3-5-17(16)22-18)13-21-20(26)24-10-8-23(9-11-24)19(25)14-6-7-14/h2-5,12,14H,6-11,13H2,1H3,(H,21,26). The zero-order chi connectivity index (χ0) is 18.8. The van der Waals surface area contributed by atoms with E-state index in [9.17, 15) is 9.59 Å². The van der Waals surface area contributed by atoms with Crippen molar-refractivity contribution in [1.82, 2.24) is 20.1 Å². The van der Waals surface area contributed by atoms with Gasteiger partial charge in [-0.2, -0.15) is 0 Å². The number of nitrogens with zero attached hydrogens (tertiary/aromatic N) is 3. The minimum atomic E-state index is -0.103. The van der Waals surface area contributed by atoms with Gasteiger partial charge in [0.2, 0.25) is 11.8 Å². The predicted molar refractivity (Wildman–Crippen MR) is 101 cm³/mol. The molecule has 7 heteroatoms. The van der Waals surface area contributed by atoms with Crippen LogP contribution in [0.15, 0.2) is 30.3 Å². The van der Waals surface area contributed by atoms with Gasteiger partial charge in [0.05, 0.1) is 12.6 Å². The molecule has 2 aromatic rings. The first-order valence-electron chi connectivity index (χ1n) is 9.40. The molecule has 1 aromatic carbocycles. The summed E-state index contributed by atoms with van der Waals surface area (Å²) >= 11 is 0. The smallest absolute Gasteiger partial charge is 0.317 e. The number of hydrogen-bond donors (Lipinski definition) is 1. The van der Waals surface area contributed by atoms with E-state index in [4.69, 9.17) is 4.74 Å². The fraction of sp³-hybridized carbons (Fsp3) is 0.450. The van der Waals surface area contributed by atoms with E-state index in [0.717, 1.165) is 29.3 Å². The third-order valence-electron chi connectivity index (χ3n) is 5.22. The molecule has 1 saturated heterocycles. The van der Waals surface area contributed by atoms with Gasteiger partial charge in [0.25, 0.3) is 0 Å². The zero-order valence-electron chi connectivity index (χ0n) is 15.5. The summed E-state index contributed by atoms with van der Waals surface area (Å²) in [6.07, 6.45) is 2.03. The summed E-state index contributed by atoms with van der Waals surface area (Å²) in [4.78, 5) is 32.8. The van der Waals surface area contributed by atoms with Crippen molar-refractivity contribution in [2.75, 3.05) is 33.3 Å². The Hall–Kier alpha value is -2.83. The molecule has 142 valence electrons. The molecule has 0 bridgehead atoms. The first-order valence-corrected chi connectivity index (χ1v) is 9.40. The maximum atomic E-state index is 12.5. The number of urea groups is 1. The predicted octanol–water partition coefficient (Wildman–Crippen LogP) is 2.01. The van der Waals surface area contributed by atoms with Crippen LogP contribution in [-0.4, -0.2) is 60.0 Å². The van der Waals surface area contributed by atoms with Gasteiger partial charge >= 0.3 is 6.03 Å². The largest absolute Gasteiger partial charge is 0.481 e. The molecule has 27 heavy (non-hydrogen) atoms. The maximum Gasteiger partial charge on any atom is 0.317 e. The molecule has 0 atom stereocenters. The molecule has 2 aliphatic rings. The number of pyridine rings is 1. The molecule has 3 amide bonds. The lowest BCUT2D eigenvalue weighted by Gasteiger charge is -2.34. The molecule has 0 unspecified atom stereocenters. The van der Waals surface area contributed by atoms with Crippen molar-refractivity contribution in [2.24, 2.45) is 5.92 Å². The number of methoxy groups -OCH3 is 1. The molecule has 2 fully saturated rings. The molecule has 0 radical (unpaired) electrons. The van der Waals surface area contributed by atoms with Crippen LogP contribution >= 0.6 is 0 Å². The summed E-state index contributed by atoms with van der Waals surface area (Å²) in [7, 11) is 1.59. The molecule has 7 nitrogen and oxygen atoms in total. The molecular formula is C20H24N4O3. The third kappa shape index (κ3) is 3.82. The Labute approximate surface area is 158 Å². The van der Waals surface area contributed by atoms with E-state index in [-0.39, 0.29) is 17.9 Å². The average molecular weight is 368 g/mol. The number of piperazine rings is 1. The van der Waals surface area contributed by atoms with E-state index in [2.05, 4.69) is 10.3 Å². The summed E-state index contributed by atoms with van der Waals surface area (Å²) in [5.41, 5.74) is 1.81. The minimum Gasteiger partial charge on any atom is -0.481 e. The summed E-state index contributed by atoms with van der Waals surface area (Å²) in [6.45, 7) is 2.79. The Kier molecular flexibility index (Phi) is 4.83. The second kappa shape index (κ2) is 7.42. The molecule has 0 spiro atoms. The van der Waals surface area contributed by atoms with Crippen LogP contribution in [0.5, 0.6) is 5.88 Å². The minimum absolute atomic E-state index is 0.103. The van der Waals surface area contributed by atoms with Gasteiger partial charge in [0.15, 0.2) is 0 Å². The molecular weight excluding hydrogens is 344 g/mol. The summed E-state index contributed by atoms with van der Waals surface area (Å²) in [6, 6.07) is 9.56. The van der Waals surface area contributed by atoms with Crippen LogP contribution in [0.3, 0.4) is 0 Å². The molecule has 1 N–H and O–H groups in total. The van der Waals surface area contributed by atoms with Crippen LogP contribution in [0.1, 0.15) is 18.4 Å². The van der Waals surface area contributed by atoms with Crippen molar-refractivity contribution >= 4 is 22.8 Å². The normalized spacial score (nSPS) is 17.1. The maximum absolute atomic E-state index is 12.5. The molecule has 1 aromatic heterocycles. The van der Waals surface area contributed by atoms with Gasteiger partial charge in [-0.25, -0.2) is 9.78 Å². The highest BCUT2D eigenvalue weighted by molar-refractivity contribution is 5.84. The number of amides is 3. The van der Waals surface area contributed by atoms with Crippen molar-refractivity contribution < 1.29 is 14.3 Å². The lowest BCUT2D eigenvalue weighted by molar-refractivity contribution is -0.133.